The number of pyridine rings is 1. The number of aromatic nitrogens is 1. The van der Waals surface area contributed by atoms with Crippen molar-refractivity contribution < 1.29 is 4.74 Å². The number of nitrogens with zero attached hydrogens (tertiary/aromatic N) is 1. The van der Waals surface area contributed by atoms with Gasteiger partial charge in [-0.25, -0.2) is 4.98 Å². The highest BCUT2D eigenvalue weighted by Crippen LogP contribution is 2.14. The Labute approximate surface area is 99.1 Å². The van der Waals surface area contributed by atoms with Gasteiger partial charge < -0.3 is 10.1 Å². The van der Waals surface area contributed by atoms with Crippen molar-refractivity contribution in [1.82, 2.24) is 10.3 Å². The first-order valence-corrected chi connectivity index (χ1v) is 6.01. The van der Waals surface area contributed by atoms with Gasteiger partial charge in [0, 0.05) is 23.7 Å². The van der Waals surface area contributed by atoms with Crippen molar-refractivity contribution in [3.05, 3.63) is 46.3 Å². The molecule has 0 aliphatic carbocycles. The molecular weight excluding hydrogens is 220 g/mol. The van der Waals surface area contributed by atoms with Crippen LogP contribution in [0.25, 0.3) is 0 Å². The lowest BCUT2D eigenvalue weighted by molar-refractivity contribution is 0.297. The molecule has 16 heavy (non-hydrogen) atoms. The normalized spacial score (nSPS) is 10.3. The number of hydrogen-bond donors (Lipinski definition) is 1. The number of rotatable bonds is 5. The van der Waals surface area contributed by atoms with Crippen LogP contribution in [-0.2, 0) is 13.2 Å². The van der Waals surface area contributed by atoms with Crippen molar-refractivity contribution in [2.75, 3.05) is 7.05 Å². The molecule has 0 unspecified atom stereocenters. The Morgan fingerprint density at radius 2 is 2.38 bits per heavy atom. The van der Waals surface area contributed by atoms with Crippen LogP contribution >= 0.6 is 11.3 Å². The highest BCUT2D eigenvalue weighted by molar-refractivity contribution is 7.09. The summed E-state index contributed by atoms with van der Waals surface area (Å²) in [6.07, 6.45) is 1.77. The molecule has 0 fully saturated rings. The summed E-state index contributed by atoms with van der Waals surface area (Å²) >= 11 is 1.69. The highest BCUT2D eigenvalue weighted by Gasteiger charge is 1.99. The zero-order valence-electron chi connectivity index (χ0n) is 9.14. The highest BCUT2D eigenvalue weighted by atomic mass is 32.1. The lowest BCUT2D eigenvalue weighted by Gasteiger charge is -2.05. The molecule has 4 heteroatoms. The van der Waals surface area contributed by atoms with Crippen LogP contribution in [0.15, 0.2) is 35.8 Å². The third kappa shape index (κ3) is 3.05. The molecule has 0 spiro atoms. The maximum Gasteiger partial charge on any atom is 0.213 e. The molecule has 0 amide bonds. The summed E-state index contributed by atoms with van der Waals surface area (Å²) in [5.74, 6) is 0.682. The average molecular weight is 234 g/mol. The van der Waals surface area contributed by atoms with Crippen LogP contribution in [0.4, 0.5) is 0 Å². The minimum Gasteiger partial charge on any atom is -0.472 e. The van der Waals surface area contributed by atoms with Crippen LogP contribution in [0.1, 0.15) is 10.4 Å². The lowest BCUT2D eigenvalue weighted by atomic mass is 10.3. The van der Waals surface area contributed by atoms with Gasteiger partial charge in [0.1, 0.15) is 6.61 Å². The minimum absolute atomic E-state index is 0.591. The molecule has 3 nitrogen and oxygen atoms in total. The molecule has 2 rings (SSSR count). The first-order chi connectivity index (χ1) is 7.88. The van der Waals surface area contributed by atoms with Crippen molar-refractivity contribution in [2.24, 2.45) is 0 Å². The van der Waals surface area contributed by atoms with Crippen LogP contribution in [-0.4, -0.2) is 12.0 Å². The standard InChI is InChI=1S/C12H14N2OS/c1-13-8-10-4-5-14-12(7-10)15-9-11-3-2-6-16-11/h2-7,13H,8-9H2,1H3. The van der Waals surface area contributed by atoms with E-state index in [1.54, 1.807) is 17.5 Å². The Morgan fingerprint density at radius 3 is 3.12 bits per heavy atom. The molecule has 0 saturated heterocycles. The van der Waals surface area contributed by atoms with E-state index >= 15 is 0 Å². The summed E-state index contributed by atoms with van der Waals surface area (Å²) in [6.45, 7) is 1.42. The first-order valence-electron chi connectivity index (χ1n) is 5.13. The predicted octanol–water partition coefficient (Wildman–Crippen LogP) is 2.44. The fraction of sp³-hybridized carbons (Fsp3) is 0.250. The summed E-state index contributed by atoms with van der Waals surface area (Å²) in [6, 6.07) is 8.02. The molecule has 0 radical (unpaired) electrons. The molecular formula is C12H14N2OS. The zero-order chi connectivity index (χ0) is 11.2. The number of nitrogens with one attached hydrogen (secondary N) is 1. The van der Waals surface area contributed by atoms with E-state index in [0.717, 1.165) is 6.54 Å². The second-order valence-electron chi connectivity index (χ2n) is 3.40. The topological polar surface area (TPSA) is 34.2 Å². The SMILES string of the molecule is CNCc1ccnc(OCc2cccs2)c1. The largest absolute Gasteiger partial charge is 0.472 e. The maximum atomic E-state index is 5.61. The van der Waals surface area contributed by atoms with Crippen LogP contribution in [0.2, 0.25) is 0 Å². The van der Waals surface area contributed by atoms with E-state index in [9.17, 15) is 0 Å². The van der Waals surface area contributed by atoms with Crippen molar-refractivity contribution in [2.45, 2.75) is 13.2 Å². The second-order valence-corrected chi connectivity index (χ2v) is 4.43. The third-order valence-electron chi connectivity index (χ3n) is 2.12. The summed E-state index contributed by atoms with van der Waals surface area (Å²) in [5.41, 5.74) is 1.18. The Bertz CT molecular complexity index is 428. The fourth-order valence-corrected chi connectivity index (χ4v) is 2.00. The van der Waals surface area contributed by atoms with Gasteiger partial charge in [-0.2, -0.15) is 0 Å². The average Bonchev–Trinajstić information content (AvgIpc) is 2.80. The second kappa shape index (κ2) is 5.63. The molecule has 2 heterocycles. The number of thiophene rings is 1. The van der Waals surface area contributed by atoms with Gasteiger partial charge in [-0.15, -0.1) is 11.3 Å². The molecule has 0 saturated carbocycles. The van der Waals surface area contributed by atoms with E-state index in [0.29, 0.717) is 12.5 Å². The van der Waals surface area contributed by atoms with Gasteiger partial charge in [0.25, 0.3) is 0 Å². The maximum absolute atomic E-state index is 5.61. The van der Waals surface area contributed by atoms with E-state index in [1.807, 2.05) is 30.6 Å². The van der Waals surface area contributed by atoms with Crippen molar-refractivity contribution in [3.8, 4) is 5.88 Å². The van der Waals surface area contributed by atoms with Gasteiger partial charge in [0.05, 0.1) is 0 Å². The van der Waals surface area contributed by atoms with E-state index in [-0.39, 0.29) is 0 Å². The third-order valence-corrected chi connectivity index (χ3v) is 2.97. The van der Waals surface area contributed by atoms with Gasteiger partial charge in [-0.1, -0.05) is 6.07 Å². The Balaban J connectivity index is 1.96. The minimum atomic E-state index is 0.591. The molecule has 2 aromatic rings. The van der Waals surface area contributed by atoms with Crippen molar-refractivity contribution in [1.29, 1.82) is 0 Å². The fourth-order valence-electron chi connectivity index (χ4n) is 1.38. The number of ether oxygens (including phenoxy) is 1. The van der Waals surface area contributed by atoms with Crippen molar-refractivity contribution >= 4 is 11.3 Å². The first kappa shape index (κ1) is 11.1. The van der Waals surface area contributed by atoms with Crippen LogP contribution in [0.5, 0.6) is 5.88 Å². The molecule has 0 aliphatic rings. The molecule has 0 atom stereocenters. The Kier molecular flexibility index (Phi) is 3.91. The Morgan fingerprint density at radius 1 is 1.44 bits per heavy atom. The van der Waals surface area contributed by atoms with Gasteiger partial charge in [0.15, 0.2) is 0 Å². The van der Waals surface area contributed by atoms with Crippen LogP contribution in [0.3, 0.4) is 0 Å². The Hall–Kier alpha value is -1.39. The predicted molar refractivity (Wildman–Crippen MR) is 65.7 cm³/mol. The molecule has 1 N–H and O–H groups in total. The summed E-state index contributed by atoms with van der Waals surface area (Å²) in [5, 5.41) is 5.14. The monoisotopic (exact) mass is 234 g/mol. The van der Waals surface area contributed by atoms with Crippen LogP contribution < -0.4 is 10.1 Å². The van der Waals surface area contributed by atoms with Gasteiger partial charge in [0.2, 0.25) is 5.88 Å². The molecule has 2 aromatic heterocycles. The molecule has 0 aromatic carbocycles. The van der Waals surface area contributed by atoms with Gasteiger partial charge in [-0.3, -0.25) is 0 Å². The quantitative estimate of drug-likeness (QED) is 0.862. The van der Waals surface area contributed by atoms with E-state index < -0.39 is 0 Å². The van der Waals surface area contributed by atoms with Crippen LogP contribution in [0, 0.1) is 0 Å². The van der Waals surface area contributed by atoms with Gasteiger partial charge >= 0.3 is 0 Å². The molecule has 84 valence electrons. The van der Waals surface area contributed by atoms with E-state index in [2.05, 4.69) is 16.4 Å². The molecule has 0 bridgehead atoms. The summed E-state index contributed by atoms with van der Waals surface area (Å²) < 4.78 is 5.61. The number of hydrogen-bond acceptors (Lipinski definition) is 4. The zero-order valence-corrected chi connectivity index (χ0v) is 9.96. The smallest absolute Gasteiger partial charge is 0.213 e. The lowest BCUT2D eigenvalue weighted by Crippen LogP contribution is -2.05. The van der Waals surface area contributed by atoms with Crippen molar-refractivity contribution in [3.63, 3.8) is 0 Å². The molecule has 0 aliphatic heterocycles. The van der Waals surface area contributed by atoms with E-state index in [4.69, 9.17) is 4.74 Å². The van der Waals surface area contributed by atoms with Gasteiger partial charge in [-0.05, 0) is 30.1 Å². The van der Waals surface area contributed by atoms with E-state index in [1.165, 1.54) is 10.4 Å². The summed E-state index contributed by atoms with van der Waals surface area (Å²) in [7, 11) is 1.92. The summed E-state index contributed by atoms with van der Waals surface area (Å²) in [4.78, 5) is 5.38.